The fourth-order valence-electron chi connectivity index (χ4n) is 3.83. The molecule has 0 aliphatic carbocycles. The van der Waals surface area contributed by atoms with Gasteiger partial charge in [0, 0.05) is 43.3 Å². The van der Waals surface area contributed by atoms with Crippen molar-refractivity contribution in [3.63, 3.8) is 0 Å². The fraction of sp³-hybridized carbons (Fsp3) is 0.280. The van der Waals surface area contributed by atoms with Crippen molar-refractivity contribution in [1.29, 1.82) is 0 Å². The van der Waals surface area contributed by atoms with E-state index in [1.54, 1.807) is 36.9 Å². The lowest BCUT2D eigenvalue weighted by Gasteiger charge is -2.13. The number of hydrogen-bond acceptors (Lipinski definition) is 10. The van der Waals surface area contributed by atoms with Gasteiger partial charge in [0.25, 0.3) is 5.91 Å². The highest BCUT2D eigenvalue weighted by Crippen LogP contribution is 2.29. The van der Waals surface area contributed by atoms with Crippen molar-refractivity contribution in [3.05, 3.63) is 65.7 Å². The van der Waals surface area contributed by atoms with Crippen molar-refractivity contribution in [1.82, 2.24) is 35.3 Å². The second kappa shape index (κ2) is 10.7. The van der Waals surface area contributed by atoms with E-state index in [2.05, 4.69) is 30.8 Å². The normalized spacial score (nSPS) is 12.2. The van der Waals surface area contributed by atoms with Gasteiger partial charge < -0.3 is 24.1 Å². The highest BCUT2D eigenvalue weighted by atomic mass is 16.5. The molecule has 1 atom stereocenters. The van der Waals surface area contributed by atoms with Crippen LogP contribution in [0.3, 0.4) is 0 Å². The number of carbonyl (C=O) groups excluding carboxylic acids is 1. The number of carbonyl (C=O) groups is 1. The van der Waals surface area contributed by atoms with Crippen molar-refractivity contribution < 1.29 is 23.5 Å². The maximum Gasteiger partial charge on any atom is 0.253 e. The minimum absolute atomic E-state index is 0.110. The first-order chi connectivity index (χ1) is 18.1. The Bertz CT molecular complexity index is 1530. The monoisotopic (exact) mass is 503 g/mol. The summed E-state index contributed by atoms with van der Waals surface area (Å²) in [6.07, 6.45) is 1.52. The summed E-state index contributed by atoms with van der Waals surface area (Å²) in [6.45, 7) is 2.72. The summed E-state index contributed by atoms with van der Waals surface area (Å²) in [5, 5.41) is 21.8. The molecule has 1 amide bonds. The third-order valence-corrected chi connectivity index (χ3v) is 5.54. The largest absolute Gasteiger partial charge is 0.470 e. The minimum atomic E-state index is -0.218. The zero-order valence-corrected chi connectivity index (χ0v) is 20.5. The summed E-state index contributed by atoms with van der Waals surface area (Å²) in [5.74, 6) is 1.13. The lowest BCUT2D eigenvalue weighted by atomic mass is 10.2. The van der Waals surface area contributed by atoms with Gasteiger partial charge in [0.2, 0.25) is 11.7 Å². The van der Waals surface area contributed by atoms with E-state index in [1.165, 1.54) is 6.20 Å². The molecular formula is C25H25N7O5. The van der Waals surface area contributed by atoms with Gasteiger partial charge in [-0.25, -0.2) is 0 Å². The Morgan fingerprint density at radius 3 is 2.68 bits per heavy atom. The van der Waals surface area contributed by atoms with E-state index in [0.717, 1.165) is 10.8 Å². The van der Waals surface area contributed by atoms with Crippen molar-refractivity contribution in [3.8, 4) is 17.4 Å². The van der Waals surface area contributed by atoms with Gasteiger partial charge in [-0.05, 0) is 25.1 Å². The average Bonchev–Trinajstić information content (AvgIpc) is 3.55. The van der Waals surface area contributed by atoms with Gasteiger partial charge in [0.15, 0.2) is 17.1 Å². The smallest absolute Gasteiger partial charge is 0.253 e. The zero-order chi connectivity index (χ0) is 25.8. The summed E-state index contributed by atoms with van der Waals surface area (Å²) >= 11 is 0. The molecule has 1 N–H and O–H groups in total. The SMILES string of the molecule is COCc1cc(-c2nnc3c4ccccc4c(OCc4ccc(C(=O)N[C@H](C)COC)cn4)nn23)no1. The molecule has 0 fully saturated rings. The first-order valence-electron chi connectivity index (χ1n) is 11.5. The summed E-state index contributed by atoms with van der Waals surface area (Å²) in [4.78, 5) is 16.7. The Morgan fingerprint density at radius 2 is 1.92 bits per heavy atom. The number of nitrogens with one attached hydrogen (secondary N) is 1. The molecule has 0 bridgehead atoms. The van der Waals surface area contributed by atoms with Crippen molar-refractivity contribution in [2.24, 2.45) is 0 Å². The van der Waals surface area contributed by atoms with E-state index in [-0.39, 0.29) is 25.2 Å². The lowest BCUT2D eigenvalue weighted by Crippen LogP contribution is -2.35. The number of pyridine rings is 1. The molecule has 0 aliphatic heterocycles. The third-order valence-electron chi connectivity index (χ3n) is 5.54. The molecule has 0 radical (unpaired) electrons. The first-order valence-corrected chi connectivity index (χ1v) is 11.5. The molecule has 12 heteroatoms. The molecule has 0 saturated heterocycles. The molecule has 0 spiro atoms. The van der Waals surface area contributed by atoms with Crippen LogP contribution in [-0.2, 0) is 22.7 Å². The number of amides is 1. The second-order valence-corrected chi connectivity index (χ2v) is 8.38. The molecule has 0 saturated carbocycles. The molecule has 1 aromatic carbocycles. The maximum absolute atomic E-state index is 12.4. The van der Waals surface area contributed by atoms with Gasteiger partial charge >= 0.3 is 0 Å². The van der Waals surface area contributed by atoms with Gasteiger partial charge in [0.1, 0.15) is 13.2 Å². The fourth-order valence-corrected chi connectivity index (χ4v) is 3.83. The van der Waals surface area contributed by atoms with E-state index in [1.807, 2.05) is 31.2 Å². The molecular weight excluding hydrogens is 478 g/mol. The van der Waals surface area contributed by atoms with Crippen molar-refractivity contribution >= 4 is 22.3 Å². The van der Waals surface area contributed by atoms with Gasteiger partial charge in [-0.3, -0.25) is 9.78 Å². The molecule has 0 unspecified atom stereocenters. The highest BCUT2D eigenvalue weighted by molar-refractivity contribution is 5.97. The first kappa shape index (κ1) is 24.3. The van der Waals surface area contributed by atoms with Crippen LogP contribution in [0.25, 0.3) is 27.9 Å². The van der Waals surface area contributed by atoms with Crippen molar-refractivity contribution in [2.75, 3.05) is 20.8 Å². The van der Waals surface area contributed by atoms with Crippen LogP contribution >= 0.6 is 0 Å². The Morgan fingerprint density at radius 1 is 1.08 bits per heavy atom. The van der Waals surface area contributed by atoms with Gasteiger partial charge in [0.05, 0.1) is 17.9 Å². The Kier molecular flexibility index (Phi) is 7.01. The number of hydrogen-bond donors (Lipinski definition) is 1. The van der Waals surface area contributed by atoms with Gasteiger partial charge in [-0.1, -0.05) is 23.4 Å². The number of rotatable bonds is 10. The van der Waals surface area contributed by atoms with Crippen LogP contribution in [-0.4, -0.2) is 62.7 Å². The molecule has 0 aliphatic rings. The van der Waals surface area contributed by atoms with Crippen LogP contribution < -0.4 is 10.1 Å². The number of methoxy groups -OCH3 is 2. The van der Waals surface area contributed by atoms with Gasteiger partial charge in [-0.2, -0.15) is 4.52 Å². The molecule has 5 rings (SSSR count). The summed E-state index contributed by atoms with van der Waals surface area (Å²) in [5.41, 5.74) is 2.12. The summed E-state index contributed by atoms with van der Waals surface area (Å²) in [7, 11) is 3.17. The Hall–Kier alpha value is -4.42. The van der Waals surface area contributed by atoms with E-state index >= 15 is 0 Å². The summed E-state index contributed by atoms with van der Waals surface area (Å²) in [6, 6.07) is 12.7. The molecule has 37 heavy (non-hydrogen) atoms. The Balaban J connectivity index is 1.40. The molecule has 190 valence electrons. The predicted molar refractivity (Wildman–Crippen MR) is 132 cm³/mol. The molecule has 4 aromatic heterocycles. The number of benzene rings is 1. The van der Waals surface area contributed by atoms with E-state index < -0.39 is 0 Å². The molecule has 5 aromatic rings. The van der Waals surface area contributed by atoms with Crippen LogP contribution in [0.2, 0.25) is 0 Å². The number of aromatic nitrogens is 6. The van der Waals surface area contributed by atoms with Crippen LogP contribution in [0.5, 0.6) is 5.88 Å². The van der Waals surface area contributed by atoms with E-state index in [9.17, 15) is 4.79 Å². The van der Waals surface area contributed by atoms with Crippen LogP contribution in [0.15, 0.2) is 53.2 Å². The number of fused-ring (bicyclic) bond motifs is 3. The Labute approximate surface area is 211 Å². The van der Waals surface area contributed by atoms with Crippen molar-refractivity contribution in [2.45, 2.75) is 26.2 Å². The topological polar surface area (TPSA) is 139 Å². The van der Waals surface area contributed by atoms with Crippen LogP contribution in [0.1, 0.15) is 28.7 Å². The standard InChI is InChI=1S/C25H25N7O5/c1-15(12-34-2)27-24(33)16-8-9-17(26-11-16)13-36-25-20-7-5-4-6-19(20)22-28-29-23(32(22)30-25)21-10-18(14-35-3)37-31-21/h4-11,15H,12-14H2,1-3H3,(H,27,33)/t15-/m1/s1. The quantitative estimate of drug-likeness (QED) is 0.303. The maximum atomic E-state index is 12.4. The lowest BCUT2D eigenvalue weighted by molar-refractivity contribution is 0.0905. The molecule has 12 nitrogen and oxygen atoms in total. The molecule has 4 heterocycles. The van der Waals surface area contributed by atoms with E-state index in [4.69, 9.17) is 18.7 Å². The minimum Gasteiger partial charge on any atom is -0.470 e. The second-order valence-electron chi connectivity index (χ2n) is 8.38. The average molecular weight is 504 g/mol. The van der Waals surface area contributed by atoms with Gasteiger partial charge in [-0.15, -0.1) is 15.3 Å². The highest BCUT2D eigenvalue weighted by Gasteiger charge is 2.19. The van der Waals surface area contributed by atoms with Crippen LogP contribution in [0.4, 0.5) is 0 Å². The third kappa shape index (κ3) is 5.10. The van der Waals surface area contributed by atoms with E-state index in [0.29, 0.717) is 46.7 Å². The number of ether oxygens (including phenoxy) is 3. The number of nitrogens with zero attached hydrogens (tertiary/aromatic N) is 6. The predicted octanol–water partition coefficient (Wildman–Crippen LogP) is 2.82. The summed E-state index contributed by atoms with van der Waals surface area (Å²) < 4.78 is 23.1. The zero-order valence-electron chi connectivity index (χ0n) is 20.5. The van der Waals surface area contributed by atoms with Crippen LogP contribution in [0, 0.1) is 0 Å².